The smallest absolute Gasteiger partial charge is 0.226 e. The monoisotopic (exact) mass is 226 g/mol. The van der Waals surface area contributed by atoms with Crippen LogP contribution in [0.3, 0.4) is 0 Å². The van der Waals surface area contributed by atoms with Gasteiger partial charge >= 0.3 is 0 Å². The molecule has 1 unspecified atom stereocenters. The van der Waals surface area contributed by atoms with Crippen molar-refractivity contribution < 1.29 is 4.79 Å². The highest BCUT2D eigenvalue weighted by molar-refractivity contribution is 7.99. The van der Waals surface area contributed by atoms with E-state index in [4.69, 9.17) is 0 Å². The molecular formula is C9H14N4OS. The lowest BCUT2D eigenvalue weighted by molar-refractivity contribution is -0.116. The maximum Gasteiger partial charge on any atom is 0.226 e. The van der Waals surface area contributed by atoms with Crippen molar-refractivity contribution in [1.29, 1.82) is 0 Å². The van der Waals surface area contributed by atoms with E-state index in [1.54, 1.807) is 12.4 Å². The Balaban J connectivity index is 1.76. The molecular weight excluding hydrogens is 212 g/mol. The predicted molar refractivity (Wildman–Crippen MR) is 61.0 cm³/mol. The SMILES string of the molecule is O=C(CC1CSCCN1)Nc1cn[nH]c1. The van der Waals surface area contributed by atoms with Gasteiger partial charge in [0.15, 0.2) is 0 Å². The minimum atomic E-state index is 0.0383. The van der Waals surface area contributed by atoms with Crippen molar-refractivity contribution in [2.45, 2.75) is 12.5 Å². The normalized spacial score (nSPS) is 21.2. The van der Waals surface area contributed by atoms with E-state index >= 15 is 0 Å². The first kappa shape index (κ1) is 10.5. The molecule has 6 heteroatoms. The molecule has 82 valence electrons. The van der Waals surface area contributed by atoms with E-state index in [1.807, 2.05) is 11.8 Å². The van der Waals surface area contributed by atoms with E-state index in [9.17, 15) is 4.79 Å². The van der Waals surface area contributed by atoms with Crippen LogP contribution in [0.5, 0.6) is 0 Å². The number of nitrogens with one attached hydrogen (secondary N) is 3. The highest BCUT2D eigenvalue weighted by Gasteiger charge is 2.16. The molecule has 1 saturated heterocycles. The van der Waals surface area contributed by atoms with Gasteiger partial charge in [-0.25, -0.2) is 0 Å². The molecule has 1 atom stereocenters. The van der Waals surface area contributed by atoms with Gasteiger partial charge < -0.3 is 10.6 Å². The summed E-state index contributed by atoms with van der Waals surface area (Å²) in [5.74, 6) is 2.19. The second-order valence-electron chi connectivity index (χ2n) is 3.47. The summed E-state index contributed by atoms with van der Waals surface area (Å²) in [6, 6.07) is 0.302. The van der Waals surface area contributed by atoms with Gasteiger partial charge in [0.1, 0.15) is 0 Å². The Morgan fingerprint density at radius 1 is 1.73 bits per heavy atom. The van der Waals surface area contributed by atoms with Gasteiger partial charge in [-0.3, -0.25) is 9.89 Å². The van der Waals surface area contributed by atoms with Crippen LogP contribution < -0.4 is 10.6 Å². The number of aromatic amines is 1. The van der Waals surface area contributed by atoms with Crippen LogP contribution >= 0.6 is 11.8 Å². The zero-order valence-corrected chi connectivity index (χ0v) is 9.14. The molecule has 2 heterocycles. The van der Waals surface area contributed by atoms with Gasteiger partial charge in [-0.15, -0.1) is 0 Å². The Kier molecular flexibility index (Phi) is 3.63. The number of nitrogens with zero attached hydrogens (tertiary/aromatic N) is 1. The lowest BCUT2D eigenvalue weighted by atomic mass is 10.2. The molecule has 0 aliphatic carbocycles. The van der Waals surface area contributed by atoms with Crippen LogP contribution in [-0.4, -0.2) is 40.2 Å². The van der Waals surface area contributed by atoms with Crippen LogP contribution in [-0.2, 0) is 4.79 Å². The van der Waals surface area contributed by atoms with Gasteiger partial charge in [-0.05, 0) is 0 Å². The Hall–Kier alpha value is -1.01. The van der Waals surface area contributed by atoms with Gasteiger partial charge in [0.2, 0.25) is 5.91 Å². The van der Waals surface area contributed by atoms with Crippen LogP contribution in [0.25, 0.3) is 0 Å². The zero-order chi connectivity index (χ0) is 10.5. The molecule has 5 nitrogen and oxygen atoms in total. The molecule has 1 aromatic heterocycles. The molecule has 3 N–H and O–H groups in total. The van der Waals surface area contributed by atoms with Gasteiger partial charge in [0.25, 0.3) is 0 Å². The summed E-state index contributed by atoms with van der Waals surface area (Å²) >= 11 is 1.89. The molecule has 1 aromatic rings. The Labute approximate surface area is 92.4 Å². The zero-order valence-electron chi connectivity index (χ0n) is 8.32. The van der Waals surface area contributed by atoms with Crippen LogP contribution in [0.1, 0.15) is 6.42 Å². The summed E-state index contributed by atoms with van der Waals surface area (Å²) in [4.78, 5) is 11.6. The van der Waals surface area contributed by atoms with E-state index in [0.717, 1.165) is 23.7 Å². The maximum absolute atomic E-state index is 11.6. The number of H-pyrrole nitrogens is 1. The lowest BCUT2D eigenvalue weighted by Gasteiger charge is -2.22. The molecule has 1 amide bonds. The number of carbonyl (C=O) groups excluding carboxylic acids is 1. The third-order valence-electron chi connectivity index (χ3n) is 2.21. The van der Waals surface area contributed by atoms with Crippen LogP contribution in [0.4, 0.5) is 5.69 Å². The van der Waals surface area contributed by atoms with Crippen molar-refractivity contribution in [3.63, 3.8) is 0 Å². The van der Waals surface area contributed by atoms with E-state index < -0.39 is 0 Å². The molecule has 1 aliphatic rings. The van der Waals surface area contributed by atoms with Crippen LogP contribution in [0, 0.1) is 0 Å². The Morgan fingerprint density at radius 2 is 2.67 bits per heavy atom. The molecule has 15 heavy (non-hydrogen) atoms. The van der Waals surface area contributed by atoms with Crippen molar-refractivity contribution in [3.05, 3.63) is 12.4 Å². The summed E-state index contributed by atoms with van der Waals surface area (Å²) in [6.45, 7) is 0.994. The highest BCUT2D eigenvalue weighted by Crippen LogP contribution is 2.11. The van der Waals surface area contributed by atoms with E-state index in [1.165, 1.54) is 0 Å². The molecule has 0 radical (unpaired) electrons. The van der Waals surface area contributed by atoms with Gasteiger partial charge in [-0.2, -0.15) is 16.9 Å². The second kappa shape index (κ2) is 5.18. The van der Waals surface area contributed by atoms with Gasteiger partial charge in [0, 0.05) is 36.7 Å². The number of hydrogen-bond acceptors (Lipinski definition) is 4. The topological polar surface area (TPSA) is 69.8 Å². The number of thioether (sulfide) groups is 1. The van der Waals surface area contributed by atoms with E-state index in [0.29, 0.717) is 12.5 Å². The van der Waals surface area contributed by atoms with Gasteiger partial charge in [0.05, 0.1) is 11.9 Å². The molecule has 0 saturated carbocycles. The Bertz CT molecular complexity index is 308. The van der Waals surface area contributed by atoms with Crippen molar-refractivity contribution in [2.24, 2.45) is 0 Å². The van der Waals surface area contributed by atoms with E-state index in [2.05, 4.69) is 20.8 Å². The largest absolute Gasteiger partial charge is 0.323 e. The average molecular weight is 226 g/mol. The fourth-order valence-corrected chi connectivity index (χ4v) is 2.45. The van der Waals surface area contributed by atoms with Gasteiger partial charge in [-0.1, -0.05) is 0 Å². The summed E-state index contributed by atoms with van der Waals surface area (Å²) in [5.41, 5.74) is 0.725. The molecule has 0 aromatic carbocycles. The van der Waals surface area contributed by atoms with Crippen LogP contribution in [0.2, 0.25) is 0 Å². The summed E-state index contributed by atoms with van der Waals surface area (Å²) in [7, 11) is 0. The van der Waals surface area contributed by atoms with Crippen molar-refractivity contribution >= 4 is 23.4 Å². The fraction of sp³-hybridized carbons (Fsp3) is 0.556. The number of aromatic nitrogens is 2. The first-order valence-electron chi connectivity index (χ1n) is 4.94. The number of carbonyl (C=O) groups is 1. The summed E-state index contributed by atoms with van der Waals surface area (Å²) < 4.78 is 0. The minimum absolute atomic E-state index is 0.0383. The molecule has 1 fully saturated rings. The second-order valence-corrected chi connectivity index (χ2v) is 4.62. The number of rotatable bonds is 3. The van der Waals surface area contributed by atoms with Crippen molar-refractivity contribution in [2.75, 3.05) is 23.4 Å². The molecule has 0 spiro atoms. The number of amides is 1. The fourth-order valence-electron chi connectivity index (χ4n) is 1.51. The standard InChI is InChI=1S/C9H14N4OS/c14-9(13-8-4-11-12-5-8)3-7-6-15-2-1-10-7/h4-5,7,10H,1-3,6H2,(H,11,12)(H,13,14). The average Bonchev–Trinajstić information content (AvgIpc) is 2.71. The quantitative estimate of drug-likeness (QED) is 0.699. The Morgan fingerprint density at radius 3 is 3.33 bits per heavy atom. The highest BCUT2D eigenvalue weighted by atomic mass is 32.2. The minimum Gasteiger partial charge on any atom is -0.323 e. The van der Waals surface area contributed by atoms with Crippen molar-refractivity contribution in [3.8, 4) is 0 Å². The number of anilines is 1. The first-order valence-corrected chi connectivity index (χ1v) is 6.10. The summed E-state index contributed by atoms with van der Waals surface area (Å²) in [5, 5.41) is 12.5. The first-order chi connectivity index (χ1) is 7.34. The van der Waals surface area contributed by atoms with Crippen LogP contribution in [0.15, 0.2) is 12.4 Å². The maximum atomic E-state index is 11.6. The molecule has 1 aliphatic heterocycles. The lowest BCUT2D eigenvalue weighted by Crippen LogP contribution is -2.39. The third-order valence-corrected chi connectivity index (χ3v) is 3.34. The third kappa shape index (κ3) is 3.24. The molecule has 0 bridgehead atoms. The van der Waals surface area contributed by atoms with E-state index in [-0.39, 0.29) is 5.91 Å². The van der Waals surface area contributed by atoms with Crippen molar-refractivity contribution in [1.82, 2.24) is 15.5 Å². The summed E-state index contributed by atoms with van der Waals surface area (Å²) in [6.07, 6.45) is 3.79. The predicted octanol–water partition coefficient (Wildman–Crippen LogP) is 0.443. The molecule has 2 rings (SSSR count). The number of hydrogen-bond donors (Lipinski definition) is 3.